The van der Waals surface area contributed by atoms with Gasteiger partial charge in [-0.25, -0.2) is 8.78 Å². The zero-order valence-corrected chi connectivity index (χ0v) is 12.3. The summed E-state index contributed by atoms with van der Waals surface area (Å²) >= 11 is 0. The van der Waals surface area contributed by atoms with Crippen LogP contribution in [0.5, 0.6) is 0 Å². The number of halogens is 2. The van der Waals surface area contributed by atoms with Crippen LogP contribution in [0.2, 0.25) is 0 Å². The van der Waals surface area contributed by atoms with E-state index in [0.29, 0.717) is 11.5 Å². The molecule has 21 heavy (non-hydrogen) atoms. The van der Waals surface area contributed by atoms with Crippen LogP contribution < -0.4 is 0 Å². The van der Waals surface area contributed by atoms with Crippen molar-refractivity contribution >= 4 is 0 Å². The Balaban J connectivity index is 1.94. The molecule has 0 aliphatic heterocycles. The molecule has 0 aromatic heterocycles. The molecule has 0 fully saturated rings. The molecule has 1 aliphatic rings. The molecule has 2 aromatic carbocycles. The highest BCUT2D eigenvalue weighted by Crippen LogP contribution is 2.34. The van der Waals surface area contributed by atoms with Crippen LogP contribution in [0.15, 0.2) is 36.4 Å². The lowest BCUT2D eigenvalue weighted by molar-refractivity contribution is 0.415. The fourth-order valence-corrected chi connectivity index (χ4v) is 3.39. The van der Waals surface area contributed by atoms with E-state index in [1.54, 1.807) is 12.1 Å². The highest BCUT2D eigenvalue weighted by Gasteiger charge is 2.22. The van der Waals surface area contributed by atoms with E-state index in [2.05, 4.69) is 13.0 Å². The molecule has 0 nitrogen and oxygen atoms in total. The largest absolute Gasteiger partial charge is 0.207 e. The summed E-state index contributed by atoms with van der Waals surface area (Å²) < 4.78 is 27.8. The molecule has 1 aliphatic carbocycles. The third-order valence-electron chi connectivity index (χ3n) is 4.50. The second kappa shape index (κ2) is 5.97. The standard InChI is InChI=1S/C19H20F2/c1-2-3-13-4-10-18-15(12-13)7-11-17(19(18)21)14-5-8-16(20)9-6-14/h5-9,11,13H,2-4,10,12H2,1H3. The lowest BCUT2D eigenvalue weighted by Gasteiger charge is -2.25. The number of rotatable bonds is 3. The van der Waals surface area contributed by atoms with E-state index in [4.69, 9.17) is 0 Å². The van der Waals surface area contributed by atoms with Crippen LogP contribution >= 0.6 is 0 Å². The van der Waals surface area contributed by atoms with E-state index in [-0.39, 0.29) is 11.6 Å². The van der Waals surface area contributed by atoms with Crippen molar-refractivity contribution in [1.82, 2.24) is 0 Å². The summed E-state index contributed by atoms with van der Waals surface area (Å²) in [6.07, 6.45) is 5.30. The SMILES string of the molecule is CCCC1CCc2c(ccc(-c3ccc(F)cc3)c2F)C1. The third kappa shape index (κ3) is 2.85. The Morgan fingerprint density at radius 1 is 1.05 bits per heavy atom. The highest BCUT2D eigenvalue weighted by atomic mass is 19.1. The molecule has 110 valence electrons. The molecular weight excluding hydrogens is 266 g/mol. The molecule has 0 N–H and O–H groups in total. The molecule has 1 unspecified atom stereocenters. The summed E-state index contributed by atoms with van der Waals surface area (Å²) in [5, 5.41) is 0. The first-order chi connectivity index (χ1) is 10.2. The maximum Gasteiger partial charge on any atom is 0.134 e. The van der Waals surface area contributed by atoms with E-state index < -0.39 is 0 Å². The molecule has 2 heteroatoms. The van der Waals surface area contributed by atoms with Gasteiger partial charge in [0.2, 0.25) is 0 Å². The van der Waals surface area contributed by atoms with Crippen molar-refractivity contribution < 1.29 is 8.78 Å². The zero-order chi connectivity index (χ0) is 14.8. The predicted octanol–water partition coefficient (Wildman–Crippen LogP) is 5.54. The van der Waals surface area contributed by atoms with Gasteiger partial charge < -0.3 is 0 Å². The van der Waals surface area contributed by atoms with E-state index in [0.717, 1.165) is 36.0 Å². The van der Waals surface area contributed by atoms with E-state index >= 15 is 0 Å². The van der Waals surface area contributed by atoms with Gasteiger partial charge in [0.1, 0.15) is 11.6 Å². The number of hydrogen-bond donors (Lipinski definition) is 0. The summed E-state index contributed by atoms with van der Waals surface area (Å²) in [5.74, 6) is 0.284. The number of fused-ring (bicyclic) bond motifs is 1. The minimum atomic E-state index is -0.292. The van der Waals surface area contributed by atoms with Gasteiger partial charge in [0.25, 0.3) is 0 Å². The second-order valence-corrected chi connectivity index (χ2v) is 5.97. The summed E-state index contributed by atoms with van der Waals surface area (Å²) in [5.41, 5.74) is 3.35. The van der Waals surface area contributed by atoms with Crippen molar-refractivity contribution in [3.63, 3.8) is 0 Å². The van der Waals surface area contributed by atoms with Gasteiger partial charge >= 0.3 is 0 Å². The fraction of sp³-hybridized carbons (Fsp3) is 0.368. The average Bonchev–Trinajstić information content (AvgIpc) is 2.49. The topological polar surface area (TPSA) is 0 Å². The predicted molar refractivity (Wildman–Crippen MR) is 82.2 cm³/mol. The quantitative estimate of drug-likeness (QED) is 0.695. The Morgan fingerprint density at radius 2 is 1.81 bits per heavy atom. The lowest BCUT2D eigenvalue weighted by Crippen LogP contribution is -2.15. The van der Waals surface area contributed by atoms with Gasteiger partial charge in [-0.3, -0.25) is 0 Å². The summed E-state index contributed by atoms with van der Waals surface area (Å²) in [7, 11) is 0. The molecular formula is C19H20F2. The van der Waals surface area contributed by atoms with Crippen LogP contribution in [0.4, 0.5) is 8.78 Å². The van der Waals surface area contributed by atoms with Gasteiger partial charge in [-0.2, -0.15) is 0 Å². The Labute approximate surface area is 124 Å². The third-order valence-corrected chi connectivity index (χ3v) is 4.50. The van der Waals surface area contributed by atoms with Crippen LogP contribution in [0.3, 0.4) is 0 Å². The lowest BCUT2D eigenvalue weighted by atomic mass is 9.80. The molecule has 0 saturated carbocycles. The molecule has 3 rings (SSSR count). The summed E-state index contributed by atoms with van der Waals surface area (Å²) in [4.78, 5) is 0. The average molecular weight is 286 g/mol. The van der Waals surface area contributed by atoms with E-state index in [1.807, 2.05) is 6.07 Å². The summed E-state index contributed by atoms with van der Waals surface area (Å²) in [6, 6.07) is 9.94. The van der Waals surface area contributed by atoms with Crippen molar-refractivity contribution in [2.75, 3.05) is 0 Å². The van der Waals surface area contributed by atoms with Gasteiger partial charge in [-0.1, -0.05) is 44.0 Å². The normalized spacial score (nSPS) is 17.6. The molecule has 0 amide bonds. The van der Waals surface area contributed by atoms with Crippen LogP contribution in [-0.2, 0) is 12.8 Å². The Kier molecular flexibility index (Phi) is 4.05. The molecule has 0 heterocycles. The monoisotopic (exact) mass is 286 g/mol. The van der Waals surface area contributed by atoms with Crippen LogP contribution in [0.1, 0.15) is 37.3 Å². The minimum Gasteiger partial charge on any atom is -0.207 e. The van der Waals surface area contributed by atoms with Gasteiger partial charge in [0, 0.05) is 5.56 Å². The van der Waals surface area contributed by atoms with Crippen molar-refractivity contribution in [2.24, 2.45) is 5.92 Å². The molecule has 0 saturated heterocycles. The Morgan fingerprint density at radius 3 is 2.52 bits per heavy atom. The zero-order valence-electron chi connectivity index (χ0n) is 12.3. The van der Waals surface area contributed by atoms with Crippen LogP contribution in [0, 0.1) is 17.6 Å². The van der Waals surface area contributed by atoms with E-state index in [1.165, 1.54) is 25.0 Å². The number of benzene rings is 2. The Hall–Kier alpha value is -1.70. The maximum atomic E-state index is 14.8. The molecule has 1 atom stereocenters. The van der Waals surface area contributed by atoms with Gasteiger partial charge in [-0.15, -0.1) is 0 Å². The first kappa shape index (κ1) is 14.2. The molecule has 2 aromatic rings. The fourth-order valence-electron chi connectivity index (χ4n) is 3.39. The Bertz CT molecular complexity index is 629. The molecule has 0 spiro atoms. The second-order valence-electron chi connectivity index (χ2n) is 5.97. The number of hydrogen-bond acceptors (Lipinski definition) is 0. The van der Waals surface area contributed by atoms with Crippen molar-refractivity contribution in [1.29, 1.82) is 0 Å². The molecule has 0 radical (unpaired) electrons. The summed E-state index contributed by atoms with van der Waals surface area (Å²) in [6.45, 7) is 2.20. The van der Waals surface area contributed by atoms with Gasteiger partial charge in [-0.05, 0) is 54.0 Å². The van der Waals surface area contributed by atoms with Gasteiger partial charge in [0.15, 0.2) is 0 Å². The minimum absolute atomic E-state index is 0.117. The first-order valence-corrected chi connectivity index (χ1v) is 7.75. The van der Waals surface area contributed by atoms with E-state index in [9.17, 15) is 8.78 Å². The first-order valence-electron chi connectivity index (χ1n) is 7.75. The smallest absolute Gasteiger partial charge is 0.134 e. The highest BCUT2D eigenvalue weighted by molar-refractivity contribution is 5.66. The van der Waals surface area contributed by atoms with Crippen molar-refractivity contribution in [3.8, 4) is 11.1 Å². The van der Waals surface area contributed by atoms with Crippen LogP contribution in [-0.4, -0.2) is 0 Å². The van der Waals surface area contributed by atoms with Gasteiger partial charge in [0.05, 0.1) is 0 Å². The van der Waals surface area contributed by atoms with Crippen LogP contribution in [0.25, 0.3) is 11.1 Å². The molecule has 0 bridgehead atoms. The van der Waals surface area contributed by atoms with Crippen molar-refractivity contribution in [2.45, 2.75) is 39.0 Å². The van der Waals surface area contributed by atoms with Crippen molar-refractivity contribution in [3.05, 3.63) is 59.2 Å². The maximum absolute atomic E-state index is 14.8.